The first-order chi connectivity index (χ1) is 6.97. The Morgan fingerprint density at radius 1 is 1.47 bits per heavy atom. The van der Waals surface area contributed by atoms with E-state index in [1.54, 1.807) is 4.31 Å². The van der Waals surface area contributed by atoms with Gasteiger partial charge in [-0.25, -0.2) is 12.7 Å². The number of piperidine rings is 1. The lowest BCUT2D eigenvalue weighted by Crippen LogP contribution is -2.42. The van der Waals surface area contributed by atoms with E-state index in [9.17, 15) is 8.42 Å². The second kappa shape index (κ2) is 5.23. The fourth-order valence-electron chi connectivity index (χ4n) is 1.81. The monoisotopic (exact) mass is 250 g/mol. The number of thiocarbonyl (C=S) groups is 1. The van der Waals surface area contributed by atoms with Crippen molar-refractivity contribution in [3.05, 3.63) is 0 Å². The van der Waals surface area contributed by atoms with Crippen molar-refractivity contribution >= 4 is 27.2 Å². The van der Waals surface area contributed by atoms with Crippen LogP contribution in [0.15, 0.2) is 0 Å². The van der Waals surface area contributed by atoms with Crippen molar-refractivity contribution in [2.75, 3.05) is 18.8 Å². The predicted molar refractivity (Wildman–Crippen MR) is 65.2 cm³/mol. The molecule has 1 aliphatic heterocycles. The topological polar surface area (TPSA) is 63.4 Å². The first-order valence-corrected chi connectivity index (χ1v) is 7.26. The van der Waals surface area contributed by atoms with Crippen molar-refractivity contribution in [2.24, 2.45) is 11.7 Å². The van der Waals surface area contributed by atoms with Gasteiger partial charge in [-0.1, -0.05) is 19.1 Å². The summed E-state index contributed by atoms with van der Waals surface area (Å²) in [6.07, 6.45) is 2.19. The zero-order valence-corrected chi connectivity index (χ0v) is 10.6. The SMILES string of the molecule is CCCS(=O)(=O)N1CCC(C(N)=S)CC1. The van der Waals surface area contributed by atoms with Crippen LogP contribution in [0.5, 0.6) is 0 Å². The summed E-state index contributed by atoms with van der Waals surface area (Å²) < 4.78 is 25.0. The summed E-state index contributed by atoms with van der Waals surface area (Å²) in [4.78, 5) is 0.516. The van der Waals surface area contributed by atoms with Crippen molar-refractivity contribution in [1.82, 2.24) is 4.31 Å². The van der Waals surface area contributed by atoms with Crippen LogP contribution >= 0.6 is 12.2 Å². The van der Waals surface area contributed by atoms with Gasteiger partial charge in [-0.3, -0.25) is 0 Å². The second-order valence-corrected chi connectivity index (χ2v) is 6.45. The van der Waals surface area contributed by atoms with Gasteiger partial charge in [-0.15, -0.1) is 0 Å². The first-order valence-electron chi connectivity index (χ1n) is 5.24. The number of hydrogen-bond acceptors (Lipinski definition) is 3. The lowest BCUT2D eigenvalue weighted by Gasteiger charge is -2.30. The molecule has 1 fully saturated rings. The molecule has 0 unspecified atom stereocenters. The molecule has 0 atom stereocenters. The zero-order chi connectivity index (χ0) is 11.5. The maximum Gasteiger partial charge on any atom is 0.214 e. The Kier molecular flexibility index (Phi) is 4.48. The van der Waals surface area contributed by atoms with E-state index in [1.165, 1.54) is 0 Å². The average Bonchev–Trinajstić information content (AvgIpc) is 2.18. The number of nitrogens with two attached hydrogens (primary N) is 1. The smallest absolute Gasteiger partial charge is 0.214 e. The third-order valence-corrected chi connectivity index (χ3v) is 5.12. The molecule has 0 saturated carbocycles. The van der Waals surface area contributed by atoms with Crippen LogP contribution in [0.2, 0.25) is 0 Å². The van der Waals surface area contributed by atoms with Crippen LogP contribution in [-0.4, -0.2) is 36.6 Å². The molecule has 0 aliphatic carbocycles. The summed E-state index contributed by atoms with van der Waals surface area (Å²) in [5.41, 5.74) is 5.54. The van der Waals surface area contributed by atoms with Crippen molar-refractivity contribution in [2.45, 2.75) is 26.2 Å². The third kappa shape index (κ3) is 3.39. The Labute approximate surface area is 96.9 Å². The molecule has 0 radical (unpaired) electrons. The number of hydrogen-bond donors (Lipinski definition) is 1. The Morgan fingerprint density at radius 2 is 2.00 bits per heavy atom. The van der Waals surface area contributed by atoms with E-state index in [0.29, 0.717) is 24.5 Å². The van der Waals surface area contributed by atoms with E-state index >= 15 is 0 Å². The van der Waals surface area contributed by atoms with Gasteiger partial charge in [0.15, 0.2) is 0 Å². The molecule has 0 spiro atoms. The summed E-state index contributed by atoms with van der Waals surface area (Å²) >= 11 is 4.91. The first kappa shape index (κ1) is 12.9. The standard InChI is InChI=1S/C9H18N2O2S2/c1-2-7-15(12,13)11-5-3-8(4-6-11)9(10)14/h8H,2-7H2,1H3,(H2,10,14). The largest absolute Gasteiger partial charge is 0.393 e. The molecule has 0 amide bonds. The van der Waals surface area contributed by atoms with Crippen LogP contribution in [0.4, 0.5) is 0 Å². The summed E-state index contributed by atoms with van der Waals surface area (Å²) in [7, 11) is -3.03. The van der Waals surface area contributed by atoms with Crippen LogP contribution in [0.25, 0.3) is 0 Å². The average molecular weight is 250 g/mol. The van der Waals surface area contributed by atoms with E-state index < -0.39 is 10.0 Å². The molecule has 1 aliphatic rings. The highest BCUT2D eigenvalue weighted by Crippen LogP contribution is 2.20. The van der Waals surface area contributed by atoms with Crippen LogP contribution in [-0.2, 0) is 10.0 Å². The molecule has 88 valence electrons. The molecule has 2 N–H and O–H groups in total. The van der Waals surface area contributed by atoms with Gasteiger partial charge in [0.05, 0.1) is 10.7 Å². The molecular formula is C9H18N2O2S2. The minimum Gasteiger partial charge on any atom is -0.393 e. The van der Waals surface area contributed by atoms with Gasteiger partial charge in [0.25, 0.3) is 0 Å². The van der Waals surface area contributed by atoms with Crippen LogP contribution in [0.3, 0.4) is 0 Å². The maximum atomic E-state index is 11.7. The minimum absolute atomic E-state index is 0.216. The van der Waals surface area contributed by atoms with Crippen molar-refractivity contribution in [1.29, 1.82) is 0 Å². The molecule has 0 bridgehead atoms. The van der Waals surface area contributed by atoms with Crippen molar-refractivity contribution in [3.8, 4) is 0 Å². The highest BCUT2D eigenvalue weighted by Gasteiger charge is 2.28. The number of rotatable bonds is 4. The fraction of sp³-hybridized carbons (Fsp3) is 0.889. The van der Waals surface area contributed by atoms with Crippen molar-refractivity contribution < 1.29 is 8.42 Å². The van der Waals surface area contributed by atoms with Crippen molar-refractivity contribution in [3.63, 3.8) is 0 Å². The van der Waals surface area contributed by atoms with Gasteiger partial charge in [0.1, 0.15) is 0 Å². The molecule has 0 aromatic heterocycles. The Bertz CT molecular complexity index is 319. The van der Waals surface area contributed by atoms with E-state index in [0.717, 1.165) is 12.8 Å². The van der Waals surface area contributed by atoms with E-state index in [-0.39, 0.29) is 11.7 Å². The Hall–Kier alpha value is -0.200. The zero-order valence-electron chi connectivity index (χ0n) is 8.98. The lowest BCUT2D eigenvalue weighted by atomic mass is 9.98. The van der Waals surface area contributed by atoms with E-state index in [1.807, 2.05) is 6.92 Å². The van der Waals surface area contributed by atoms with Gasteiger partial charge in [-0.05, 0) is 19.3 Å². The minimum atomic E-state index is -3.03. The molecule has 4 nitrogen and oxygen atoms in total. The highest BCUT2D eigenvalue weighted by molar-refractivity contribution is 7.89. The van der Waals surface area contributed by atoms with Gasteiger partial charge in [0, 0.05) is 19.0 Å². The number of sulfonamides is 1. The quantitative estimate of drug-likeness (QED) is 0.747. The van der Waals surface area contributed by atoms with E-state index in [4.69, 9.17) is 18.0 Å². The summed E-state index contributed by atoms with van der Waals surface area (Å²) in [6, 6.07) is 0. The normalized spacial score (nSPS) is 20.3. The fourth-order valence-corrected chi connectivity index (χ4v) is 3.58. The molecular weight excluding hydrogens is 232 g/mol. The van der Waals surface area contributed by atoms with E-state index in [2.05, 4.69) is 0 Å². The Balaban J connectivity index is 2.54. The predicted octanol–water partition coefficient (Wildman–Crippen LogP) is 0.724. The molecule has 1 saturated heterocycles. The van der Waals surface area contributed by atoms with Gasteiger partial charge >= 0.3 is 0 Å². The molecule has 0 aromatic carbocycles. The van der Waals surface area contributed by atoms with Crippen LogP contribution < -0.4 is 5.73 Å². The highest BCUT2D eigenvalue weighted by atomic mass is 32.2. The summed E-state index contributed by atoms with van der Waals surface area (Å²) in [5.74, 6) is 0.457. The van der Waals surface area contributed by atoms with Gasteiger partial charge in [-0.2, -0.15) is 0 Å². The summed E-state index contributed by atoms with van der Waals surface area (Å²) in [6.45, 7) is 2.99. The molecule has 1 rings (SSSR count). The molecule has 0 aromatic rings. The maximum absolute atomic E-state index is 11.7. The lowest BCUT2D eigenvalue weighted by molar-refractivity contribution is 0.316. The van der Waals surface area contributed by atoms with Gasteiger partial charge in [0.2, 0.25) is 10.0 Å². The Morgan fingerprint density at radius 3 is 2.40 bits per heavy atom. The molecule has 1 heterocycles. The van der Waals surface area contributed by atoms with Crippen LogP contribution in [0.1, 0.15) is 26.2 Å². The van der Waals surface area contributed by atoms with Gasteiger partial charge < -0.3 is 5.73 Å². The number of nitrogens with zero attached hydrogens (tertiary/aromatic N) is 1. The molecule has 15 heavy (non-hydrogen) atoms. The second-order valence-electron chi connectivity index (χ2n) is 3.89. The third-order valence-electron chi connectivity index (χ3n) is 2.71. The summed E-state index contributed by atoms with van der Waals surface area (Å²) in [5, 5.41) is 0. The molecule has 6 heteroatoms. The van der Waals surface area contributed by atoms with Crippen LogP contribution in [0, 0.1) is 5.92 Å².